The van der Waals surface area contributed by atoms with E-state index in [-0.39, 0.29) is 0 Å². The molecule has 0 saturated heterocycles. The second-order valence-corrected chi connectivity index (χ2v) is 4.94. The fraction of sp³-hybridized carbons (Fsp3) is 0.462. The Balaban J connectivity index is 1.77. The number of hydrogen-bond acceptors (Lipinski definition) is 4. The van der Waals surface area contributed by atoms with Crippen LogP contribution in [0.25, 0.3) is 11.4 Å². The van der Waals surface area contributed by atoms with Crippen molar-refractivity contribution in [3.63, 3.8) is 0 Å². The molecule has 1 aliphatic carbocycles. The topological polar surface area (TPSA) is 69.6 Å². The van der Waals surface area contributed by atoms with E-state index in [1.54, 1.807) is 0 Å². The molecule has 0 aliphatic heterocycles. The van der Waals surface area contributed by atoms with Crippen molar-refractivity contribution in [3.8, 4) is 11.4 Å². The van der Waals surface area contributed by atoms with Gasteiger partial charge in [-0.05, 0) is 34.9 Å². The monoisotopic (exact) mass is 243 g/mol. The van der Waals surface area contributed by atoms with Crippen LogP contribution < -0.4 is 5.73 Å². The molecule has 3 rings (SSSR count). The van der Waals surface area contributed by atoms with Crippen molar-refractivity contribution < 1.29 is 0 Å². The first kappa shape index (κ1) is 11.2. The summed E-state index contributed by atoms with van der Waals surface area (Å²) in [6.07, 6.45) is 5.26. The van der Waals surface area contributed by atoms with Crippen LogP contribution in [0.2, 0.25) is 0 Å². The minimum Gasteiger partial charge on any atom is -0.399 e. The van der Waals surface area contributed by atoms with E-state index in [9.17, 15) is 0 Å². The highest BCUT2D eigenvalue weighted by Crippen LogP contribution is 2.30. The Labute approximate surface area is 106 Å². The van der Waals surface area contributed by atoms with Crippen LogP contribution in [0.3, 0.4) is 0 Å². The minimum absolute atomic E-state index is 0.737. The van der Waals surface area contributed by atoms with Crippen LogP contribution >= 0.6 is 0 Å². The SMILES string of the molecule is Nc1cccc(-c2nnnn2CCC2CCC2)c1. The maximum atomic E-state index is 5.79. The number of nitrogens with zero attached hydrogens (tertiary/aromatic N) is 4. The van der Waals surface area contributed by atoms with Crippen LogP contribution in [-0.2, 0) is 6.54 Å². The fourth-order valence-electron chi connectivity index (χ4n) is 2.33. The highest BCUT2D eigenvalue weighted by molar-refractivity contribution is 5.60. The molecule has 94 valence electrons. The van der Waals surface area contributed by atoms with Crippen molar-refractivity contribution in [2.75, 3.05) is 5.73 Å². The third-order valence-electron chi connectivity index (χ3n) is 3.65. The summed E-state index contributed by atoms with van der Waals surface area (Å²) in [4.78, 5) is 0. The standard InChI is InChI=1S/C13H17N5/c14-12-6-2-5-11(9-12)13-15-16-17-18(13)8-7-10-3-1-4-10/h2,5-6,9-10H,1,3-4,7-8,14H2. The van der Waals surface area contributed by atoms with Crippen LogP contribution in [0.15, 0.2) is 24.3 Å². The quantitative estimate of drug-likeness (QED) is 0.835. The number of rotatable bonds is 4. The highest BCUT2D eigenvalue weighted by atomic mass is 15.5. The van der Waals surface area contributed by atoms with Gasteiger partial charge < -0.3 is 5.73 Å². The molecule has 1 aromatic heterocycles. The number of hydrogen-bond donors (Lipinski definition) is 1. The Bertz CT molecular complexity index is 530. The Morgan fingerprint density at radius 2 is 2.22 bits per heavy atom. The van der Waals surface area contributed by atoms with Gasteiger partial charge in [0, 0.05) is 17.8 Å². The lowest BCUT2D eigenvalue weighted by Gasteiger charge is -2.24. The maximum Gasteiger partial charge on any atom is 0.182 e. The molecule has 2 N–H and O–H groups in total. The molecule has 0 bridgehead atoms. The zero-order valence-electron chi connectivity index (χ0n) is 10.3. The van der Waals surface area contributed by atoms with Crippen LogP contribution in [-0.4, -0.2) is 20.2 Å². The van der Waals surface area contributed by atoms with Gasteiger partial charge in [0.25, 0.3) is 0 Å². The lowest BCUT2D eigenvalue weighted by atomic mass is 9.83. The van der Waals surface area contributed by atoms with Gasteiger partial charge in [0.05, 0.1) is 0 Å². The first-order valence-corrected chi connectivity index (χ1v) is 6.45. The van der Waals surface area contributed by atoms with E-state index in [0.29, 0.717) is 0 Å². The molecule has 5 heteroatoms. The zero-order valence-corrected chi connectivity index (χ0v) is 10.3. The predicted octanol–water partition coefficient (Wildman–Crippen LogP) is 2.11. The molecule has 1 aliphatic rings. The molecule has 0 spiro atoms. The zero-order chi connectivity index (χ0) is 12.4. The highest BCUT2D eigenvalue weighted by Gasteiger charge is 2.18. The summed E-state index contributed by atoms with van der Waals surface area (Å²) in [6, 6.07) is 7.69. The van der Waals surface area contributed by atoms with Crippen LogP contribution in [0.4, 0.5) is 5.69 Å². The molecule has 1 heterocycles. The van der Waals surface area contributed by atoms with Gasteiger partial charge in [-0.25, -0.2) is 4.68 Å². The summed E-state index contributed by atoms with van der Waals surface area (Å²) in [5.41, 5.74) is 7.51. The molecule has 0 amide bonds. The van der Waals surface area contributed by atoms with Gasteiger partial charge >= 0.3 is 0 Å². The molecule has 18 heavy (non-hydrogen) atoms. The number of aryl methyl sites for hydroxylation is 1. The first-order chi connectivity index (χ1) is 8.83. The van der Waals surface area contributed by atoms with Crippen LogP contribution in [0, 0.1) is 5.92 Å². The van der Waals surface area contributed by atoms with E-state index in [1.165, 1.54) is 25.7 Å². The van der Waals surface area contributed by atoms with Crippen molar-refractivity contribution in [2.45, 2.75) is 32.2 Å². The fourth-order valence-corrected chi connectivity index (χ4v) is 2.33. The van der Waals surface area contributed by atoms with E-state index in [1.807, 2.05) is 28.9 Å². The van der Waals surface area contributed by atoms with Gasteiger partial charge in [0.15, 0.2) is 5.82 Å². The van der Waals surface area contributed by atoms with Crippen molar-refractivity contribution in [3.05, 3.63) is 24.3 Å². The second kappa shape index (κ2) is 4.76. The van der Waals surface area contributed by atoms with Crippen molar-refractivity contribution in [1.29, 1.82) is 0 Å². The average molecular weight is 243 g/mol. The molecular formula is C13H17N5. The summed E-state index contributed by atoms with van der Waals surface area (Å²) >= 11 is 0. The second-order valence-electron chi connectivity index (χ2n) is 4.94. The summed E-state index contributed by atoms with van der Waals surface area (Å²) in [5, 5.41) is 11.9. The van der Waals surface area contributed by atoms with Crippen LogP contribution in [0.5, 0.6) is 0 Å². The van der Waals surface area contributed by atoms with Gasteiger partial charge in [0.2, 0.25) is 0 Å². The summed E-state index contributed by atoms with van der Waals surface area (Å²) < 4.78 is 1.88. The molecule has 0 radical (unpaired) electrons. The lowest BCUT2D eigenvalue weighted by Crippen LogP contribution is -2.15. The first-order valence-electron chi connectivity index (χ1n) is 6.45. The van der Waals surface area contributed by atoms with Crippen molar-refractivity contribution in [2.24, 2.45) is 5.92 Å². The van der Waals surface area contributed by atoms with Gasteiger partial charge in [-0.1, -0.05) is 31.4 Å². The smallest absolute Gasteiger partial charge is 0.182 e. The third-order valence-corrected chi connectivity index (χ3v) is 3.65. The maximum absolute atomic E-state index is 5.79. The Morgan fingerprint density at radius 3 is 2.94 bits per heavy atom. The van der Waals surface area contributed by atoms with Gasteiger partial charge in [-0.3, -0.25) is 0 Å². The number of aromatic nitrogens is 4. The number of tetrazole rings is 1. The average Bonchev–Trinajstić information content (AvgIpc) is 2.75. The predicted molar refractivity (Wildman–Crippen MR) is 69.6 cm³/mol. The third kappa shape index (κ3) is 2.20. The molecule has 1 fully saturated rings. The number of anilines is 1. The van der Waals surface area contributed by atoms with E-state index in [0.717, 1.165) is 29.5 Å². The van der Waals surface area contributed by atoms with Gasteiger partial charge in [-0.2, -0.15) is 0 Å². The largest absolute Gasteiger partial charge is 0.399 e. The minimum atomic E-state index is 0.737. The normalized spacial score (nSPS) is 15.6. The molecule has 1 aromatic carbocycles. The Hall–Kier alpha value is -1.91. The van der Waals surface area contributed by atoms with Gasteiger partial charge in [0.1, 0.15) is 0 Å². The summed E-state index contributed by atoms with van der Waals surface area (Å²) in [5.74, 6) is 1.67. The number of nitrogen functional groups attached to an aromatic ring is 1. The Morgan fingerprint density at radius 1 is 1.33 bits per heavy atom. The summed E-state index contributed by atoms with van der Waals surface area (Å²) in [6.45, 7) is 0.891. The van der Waals surface area contributed by atoms with Crippen molar-refractivity contribution >= 4 is 5.69 Å². The summed E-state index contributed by atoms with van der Waals surface area (Å²) in [7, 11) is 0. The molecular weight excluding hydrogens is 226 g/mol. The molecule has 5 nitrogen and oxygen atoms in total. The molecule has 0 unspecified atom stereocenters. The lowest BCUT2D eigenvalue weighted by molar-refractivity contribution is 0.277. The van der Waals surface area contributed by atoms with E-state index < -0.39 is 0 Å². The van der Waals surface area contributed by atoms with E-state index in [2.05, 4.69) is 15.5 Å². The number of nitrogens with two attached hydrogens (primary N) is 1. The molecule has 1 saturated carbocycles. The van der Waals surface area contributed by atoms with E-state index >= 15 is 0 Å². The Kier molecular flexibility index (Phi) is 2.96. The molecule has 2 aromatic rings. The van der Waals surface area contributed by atoms with Gasteiger partial charge in [-0.15, -0.1) is 5.10 Å². The number of benzene rings is 1. The molecule has 0 atom stereocenters. The van der Waals surface area contributed by atoms with Crippen molar-refractivity contribution in [1.82, 2.24) is 20.2 Å². The van der Waals surface area contributed by atoms with E-state index in [4.69, 9.17) is 5.73 Å². The van der Waals surface area contributed by atoms with Crippen LogP contribution in [0.1, 0.15) is 25.7 Å².